The van der Waals surface area contributed by atoms with Crippen LogP contribution in [0.1, 0.15) is 17.8 Å². The summed E-state index contributed by atoms with van der Waals surface area (Å²) in [6.07, 6.45) is 0. The summed E-state index contributed by atoms with van der Waals surface area (Å²) < 4.78 is 36.5. The van der Waals surface area contributed by atoms with Crippen LogP contribution in [0.4, 0.5) is 13.2 Å². The first kappa shape index (κ1) is 14.3. The van der Waals surface area contributed by atoms with E-state index in [-0.39, 0.29) is 23.6 Å². The highest BCUT2D eigenvalue weighted by Gasteiger charge is 2.27. The lowest BCUT2D eigenvalue weighted by molar-refractivity contribution is -0.0327. The molecular formula is C9H11BrF3NS2. The molecule has 16 heavy (non-hydrogen) atoms. The number of nitrogens with one attached hydrogen (secondary N) is 1. The summed E-state index contributed by atoms with van der Waals surface area (Å²) in [4.78, 5) is 1.11. The highest BCUT2D eigenvalue weighted by atomic mass is 79.9. The van der Waals surface area contributed by atoms with Gasteiger partial charge in [-0.15, -0.1) is 11.3 Å². The molecule has 0 saturated heterocycles. The van der Waals surface area contributed by atoms with E-state index in [1.54, 1.807) is 11.3 Å². The maximum absolute atomic E-state index is 11.8. The summed E-state index contributed by atoms with van der Waals surface area (Å²) in [5.74, 6) is 0.0420. The third-order valence-corrected chi connectivity index (χ3v) is 4.44. The predicted molar refractivity (Wildman–Crippen MR) is 66.9 cm³/mol. The number of halogens is 4. The van der Waals surface area contributed by atoms with Gasteiger partial charge in [0.25, 0.3) is 0 Å². The number of thiophene rings is 1. The van der Waals surface area contributed by atoms with Gasteiger partial charge >= 0.3 is 5.51 Å². The molecule has 1 rings (SSSR count). The van der Waals surface area contributed by atoms with Gasteiger partial charge < -0.3 is 5.32 Å². The molecule has 0 aliphatic rings. The van der Waals surface area contributed by atoms with E-state index < -0.39 is 5.51 Å². The van der Waals surface area contributed by atoms with E-state index in [0.29, 0.717) is 6.54 Å². The van der Waals surface area contributed by atoms with Gasteiger partial charge in [0, 0.05) is 33.1 Å². The number of thioether (sulfide) groups is 1. The van der Waals surface area contributed by atoms with Crippen LogP contribution in [-0.4, -0.2) is 17.8 Å². The molecule has 92 valence electrons. The van der Waals surface area contributed by atoms with E-state index in [4.69, 9.17) is 0 Å². The molecule has 7 heteroatoms. The zero-order chi connectivity index (χ0) is 12.2. The third kappa shape index (κ3) is 5.56. The second kappa shape index (κ2) is 6.28. The Balaban J connectivity index is 2.23. The van der Waals surface area contributed by atoms with Crippen LogP contribution in [-0.2, 0) is 0 Å². The maximum Gasteiger partial charge on any atom is 0.441 e. The number of rotatable bonds is 5. The fourth-order valence-electron chi connectivity index (χ4n) is 1.10. The standard InChI is InChI=1S/C9H11BrF3NS2/c1-6(8-4-7(10)5-15-8)14-2-3-16-9(11,12)13/h4-6,14H,2-3H2,1H3. The van der Waals surface area contributed by atoms with Gasteiger partial charge in [0.1, 0.15) is 0 Å². The van der Waals surface area contributed by atoms with Gasteiger partial charge in [-0.2, -0.15) is 13.2 Å². The Bertz CT molecular complexity index is 327. The molecule has 1 N–H and O–H groups in total. The average molecular weight is 334 g/mol. The SMILES string of the molecule is CC(NCCSC(F)(F)F)c1cc(Br)cs1. The summed E-state index contributed by atoms with van der Waals surface area (Å²) in [6, 6.07) is 2.06. The van der Waals surface area contributed by atoms with Crippen molar-refractivity contribution in [3.05, 3.63) is 20.8 Å². The minimum Gasteiger partial charge on any atom is -0.309 e. The van der Waals surface area contributed by atoms with Crippen molar-refractivity contribution in [3.63, 3.8) is 0 Å². The predicted octanol–water partition coefficient (Wildman–Crippen LogP) is 4.41. The Morgan fingerprint density at radius 2 is 2.25 bits per heavy atom. The molecule has 0 spiro atoms. The van der Waals surface area contributed by atoms with Gasteiger partial charge in [0.05, 0.1) is 0 Å². The Morgan fingerprint density at radius 1 is 1.56 bits per heavy atom. The van der Waals surface area contributed by atoms with Crippen LogP contribution in [0.5, 0.6) is 0 Å². The summed E-state index contributed by atoms with van der Waals surface area (Å²) in [5, 5.41) is 5.01. The number of hydrogen-bond acceptors (Lipinski definition) is 3. The van der Waals surface area contributed by atoms with Crippen molar-refractivity contribution in [1.29, 1.82) is 0 Å². The molecule has 0 saturated carbocycles. The van der Waals surface area contributed by atoms with Crippen molar-refractivity contribution in [2.24, 2.45) is 0 Å². The lowest BCUT2D eigenvalue weighted by Gasteiger charge is -2.12. The van der Waals surface area contributed by atoms with Crippen LogP contribution in [0.25, 0.3) is 0 Å². The van der Waals surface area contributed by atoms with Crippen molar-refractivity contribution in [2.75, 3.05) is 12.3 Å². The quantitative estimate of drug-likeness (QED) is 0.801. The molecule has 0 aliphatic carbocycles. The Labute approximate surface area is 109 Å². The first-order valence-corrected chi connectivity index (χ1v) is 7.22. The molecule has 0 bridgehead atoms. The van der Waals surface area contributed by atoms with Crippen LogP contribution in [0.15, 0.2) is 15.9 Å². The minimum atomic E-state index is -4.13. The summed E-state index contributed by atoms with van der Waals surface area (Å²) in [6.45, 7) is 2.29. The van der Waals surface area contributed by atoms with Crippen LogP contribution in [0, 0.1) is 0 Å². The van der Waals surface area contributed by atoms with Gasteiger partial charge in [-0.3, -0.25) is 0 Å². The summed E-state index contributed by atoms with van der Waals surface area (Å²) in [7, 11) is 0. The van der Waals surface area contributed by atoms with Crippen molar-refractivity contribution < 1.29 is 13.2 Å². The molecule has 1 unspecified atom stereocenters. The largest absolute Gasteiger partial charge is 0.441 e. The molecule has 1 atom stereocenters. The highest BCUT2D eigenvalue weighted by Crippen LogP contribution is 2.30. The highest BCUT2D eigenvalue weighted by molar-refractivity contribution is 9.10. The zero-order valence-electron chi connectivity index (χ0n) is 8.47. The van der Waals surface area contributed by atoms with Gasteiger partial charge in [-0.25, -0.2) is 0 Å². The second-order valence-electron chi connectivity index (χ2n) is 3.14. The third-order valence-electron chi connectivity index (χ3n) is 1.83. The van der Waals surface area contributed by atoms with Gasteiger partial charge in [-0.1, -0.05) is 0 Å². The van der Waals surface area contributed by atoms with Crippen molar-refractivity contribution in [3.8, 4) is 0 Å². The molecular weight excluding hydrogens is 323 g/mol. The first-order chi connectivity index (χ1) is 7.38. The summed E-state index contributed by atoms with van der Waals surface area (Å²) in [5.41, 5.74) is -4.13. The van der Waals surface area contributed by atoms with E-state index in [1.807, 2.05) is 18.4 Å². The monoisotopic (exact) mass is 333 g/mol. The molecule has 0 radical (unpaired) electrons. The molecule has 1 aromatic heterocycles. The fraction of sp³-hybridized carbons (Fsp3) is 0.556. The number of hydrogen-bond donors (Lipinski definition) is 1. The van der Waals surface area contributed by atoms with E-state index in [9.17, 15) is 13.2 Å². The van der Waals surface area contributed by atoms with E-state index in [2.05, 4.69) is 21.2 Å². The topological polar surface area (TPSA) is 12.0 Å². The van der Waals surface area contributed by atoms with E-state index >= 15 is 0 Å². The number of alkyl halides is 3. The molecule has 1 nitrogen and oxygen atoms in total. The van der Waals surface area contributed by atoms with Gasteiger partial charge in [0.2, 0.25) is 0 Å². The Kier molecular flexibility index (Phi) is 5.63. The lowest BCUT2D eigenvalue weighted by Crippen LogP contribution is -2.21. The van der Waals surface area contributed by atoms with Crippen LogP contribution in [0.3, 0.4) is 0 Å². The summed E-state index contributed by atoms with van der Waals surface area (Å²) >= 11 is 4.93. The second-order valence-corrected chi connectivity index (χ2v) is 6.16. The Hall–Kier alpha value is 0.280. The molecule has 1 heterocycles. The van der Waals surface area contributed by atoms with Gasteiger partial charge in [0.15, 0.2) is 0 Å². The fourth-order valence-corrected chi connectivity index (χ4v) is 3.03. The van der Waals surface area contributed by atoms with E-state index in [0.717, 1.165) is 9.35 Å². The first-order valence-electron chi connectivity index (χ1n) is 4.56. The van der Waals surface area contributed by atoms with Gasteiger partial charge in [-0.05, 0) is 40.7 Å². The van der Waals surface area contributed by atoms with Crippen molar-refractivity contribution >= 4 is 39.0 Å². The molecule has 0 aliphatic heterocycles. The maximum atomic E-state index is 11.8. The molecule has 0 aromatic carbocycles. The molecule has 0 amide bonds. The lowest BCUT2D eigenvalue weighted by atomic mass is 10.3. The van der Waals surface area contributed by atoms with Crippen molar-refractivity contribution in [1.82, 2.24) is 5.32 Å². The zero-order valence-corrected chi connectivity index (χ0v) is 11.7. The van der Waals surface area contributed by atoms with E-state index in [1.165, 1.54) is 0 Å². The van der Waals surface area contributed by atoms with Crippen molar-refractivity contribution in [2.45, 2.75) is 18.5 Å². The average Bonchev–Trinajstić information content (AvgIpc) is 2.57. The van der Waals surface area contributed by atoms with Crippen LogP contribution in [0.2, 0.25) is 0 Å². The molecule has 1 aromatic rings. The molecule has 0 fully saturated rings. The smallest absolute Gasteiger partial charge is 0.309 e. The normalized spacial score (nSPS) is 14.1. The minimum absolute atomic E-state index is 0.00760. The Morgan fingerprint density at radius 3 is 2.75 bits per heavy atom. The van der Waals surface area contributed by atoms with Crippen LogP contribution < -0.4 is 5.32 Å². The van der Waals surface area contributed by atoms with Crippen LogP contribution >= 0.6 is 39.0 Å².